The van der Waals surface area contributed by atoms with Crippen LogP contribution in [0.2, 0.25) is 0 Å². The van der Waals surface area contributed by atoms with Crippen molar-refractivity contribution < 1.29 is 26.9 Å². The van der Waals surface area contributed by atoms with E-state index in [9.17, 15) is 9.59 Å². The minimum Gasteiger partial charge on any atom is -1.00 e. The van der Waals surface area contributed by atoms with Crippen molar-refractivity contribution in [1.29, 1.82) is 0 Å². The number of carbonyl (C=O) groups excluding carboxylic acids is 2. The average molecular weight is 231 g/mol. The Kier molecular flexibility index (Phi) is 5.25. The third-order valence-corrected chi connectivity index (χ3v) is 2.21. The summed E-state index contributed by atoms with van der Waals surface area (Å²) in [6.07, 6.45) is 5.37. The largest absolute Gasteiger partial charge is 1.00 e. The number of hydrogen-bond donors (Lipinski definition) is 1. The molecule has 1 rings (SSSR count). The molecule has 1 atom stereocenters. The zero-order valence-electron chi connectivity index (χ0n) is 8.87. The van der Waals surface area contributed by atoms with Crippen LogP contribution in [0.3, 0.4) is 0 Å². The van der Waals surface area contributed by atoms with Crippen molar-refractivity contribution in [3.63, 3.8) is 0 Å². The van der Waals surface area contributed by atoms with E-state index in [4.69, 9.17) is 0 Å². The van der Waals surface area contributed by atoms with Gasteiger partial charge in [0.2, 0.25) is 0 Å². The summed E-state index contributed by atoms with van der Waals surface area (Å²) in [6.45, 7) is 7.10. The van der Waals surface area contributed by atoms with Gasteiger partial charge in [-0.2, -0.15) is 0 Å². The van der Waals surface area contributed by atoms with Crippen molar-refractivity contribution in [2.45, 2.75) is 19.9 Å². The van der Waals surface area contributed by atoms with Crippen molar-refractivity contribution in [2.75, 3.05) is 6.67 Å². The number of quaternary nitrogens is 1. The molecule has 0 bridgehead atoms. The first-order chi connectivity index (χ1) is 6.56. The zero-order chi connectivity index (χ0) is 10.7. The van der Waals surface area contributed by atoms with Crippen LogP contribution in [-0.4, -0.2) is 29.2 Å². The second-order valence-corrected chi connectivity index (χ2v) is 3.39. The van der Waals surface area contributed by atoms with Gasteiger partial charge in [-0.25, -0.2) is 0 Å². The van der Waals surface area contributed by atoms with Crippen LogP contribution in [0, 0.1) is 0 Å². The molecule has 84 valence electrons. The minimum absolute atomic E-state index is 0. The number of ketones is 2. The van der Waals surface area contributed by atoms with Gasteiger partial charge in [0.05, 0.1) is 12.4 Å². The summed E-state index contributed by atoms with van der Waals surface area (Å²) in [5.41, 5.74) is 0. The lowest BCUT2D eigenvalue weighted by atomic mass is 10.1. The molecular weight excluding hydrogens is 216 g/mol. The Balaban J connectivity index is 0.00000196. The smallest absolute Gasteiger partial charge is 0.162 e. The summed E-state index contributed by atoms with van der Waals surface area (Å²) in [5, 5.41) is 0. The molecule has 0 saturated carbocycles. The molecule has 4 nitrogen and oxygen atoms in total. The van der Waals surface area contributed by atoms with E-state index in [1.165, 1.54) is 13.8 Å². The second kappa shape index (κ2) is 5.68. The fourth-order valence-electron chi connectivity index (χ4n) is 1.57. The Labute approximate surface area is 95.6 Å². The van der Waals surface area contributed by atoms with Crippen molar-refractivity contribution in [2.24, 2.45) is 0 Å². The van der Waals surface area contributed by atoms with Crippen LogP contribution in [-0.2, 0) is 9.59 Å². The van der Waals surface area contributed by atoms with E-state index in [1.807, 2.05) is 6.20 Å². The number of carbonyl (C=O) groups is 2. The Morgan fingerprint density at radius 3 is 2.33 bits per heavy atom. The summed E-state index contributed by atoms with van der Waals surface area (Å²) >= 11 is 0. The molecule has 0 aliphatic carbocycles. The average Bonchev–Trinajstić information content (AvgIpc) is 2.51. The molecule has 0 aromatic heterocycles. The third kappa shape index (κ3) is 3.18. The summed E-state index contributed by atoms with van der Waals surface area (Å²) in [7, 11) is 0. The van der Waals surface area contributed by atoms with Gasteiger partial charge in [0.15, 0.2) is 24.3 Å². The molecule has 0 radical (unpaired) electrons. The number of nitrogens with zero attached hydrogens (tertiary/aromatic N) is 1. The predicted octanol–water partition coefficient (Wildman–Crippen LogP) is -3.69. The molecule has 1 unspecified atom stereocenters. The van der Waals surface area contributed by atoms with Crippen LogP contribution in [0.1, 0.15) is 13.8 Å². The van der Waals surface area contributed by atoms with Crippen molar-refractivity contribution in [3.8, 4) is 0 Å². The number of nitrogens with one attached hydrogen (secondary N) is 1. The van der Waals surface area contributed by atoms with Crippen LogP contribution >= 0.6 is 0 Å². The monoisotopic (exact) mass is 230 g/mol. The van der Waals surface area contributed by atoms with Crippen LogP contribution in [0.4, 0.5) is 0 Å². The molecule has 1 aliphatic rings. The Hall–Kier alpha value is -1.13. The van der Waals surface area contributed by atoms with Gasteiger partial charge in [-0.15, -0.1) is 0 Å². The molecule has 0 saturated heterocycles. The fourth-order valence-corrected chi connectivity index (χ4v) is 1.57. The lowest BCUT2D eigenvalue weighted by Gasteiger charge is -2.21. The number of rotatable bonds is 4. The quantitative estimate of drug-likeness (QED) is 0.506. The summed E-state index contributed by atoms with van der Waals surface area (Å²) in [5.74, 6) is -0.236. The summed E-state index contributed by atoms with van der Waals surface area (Å²) < 4.78 is 0. The second-order valence-electron chi connectivity index (χ2n) is 3.39. The standard InChI is InChI=1S/C10H14N2O2.ClH/c1-4-11-5-6-12(7-11)10(8(2)13)9(3)14;/h4-6,10H,1,7H2,2-3H3;1H. The molecule has 0 amide bonds. The molecule has 0 aromatic carbocycles. The Morgan fingerprint density at radius 1 is 1.47 bits per heavy atom. The lowest BCUT2D eigenvalue weighted by Crippen LogP contribution is -3.02. The molecule has 1 heterocycles. The van der Waals surface area contributed by atoms with E-state index in [-0.39, 0.29) is 24.0 Å². The Morgan fingerprint density at radius 2 is 2.00 bits per heavy atom. The number of halogens is 1. The molecule has 1 N–H and O–H groups in total. The number of Topliss-reactive ketones (excluding diaryl/α,β-unsaturated/α-hetero) is 2. The Bertz CT molecular complexity index is 288. The topological polar surface area (TPSA) is 41.8 Å². The lowest BCUT2D eigenvalue weighted by molar-refractivity contribution is -0.792. The first-order valence-electron chi connectivity index (χ1n) is 4.49. The molecule has 0 aromatic rings. The van der Waals surface area contributed by atoms with E-state index < -0.39 is 6.04 Å². The van der Waals surface area contributed by atoms with E-state index >= 15 is 0 Å². The first kappa shape index (κ1) is 13.9. The maximum absolute atomic E-state index is 11.2. The summed E-state index contributed by atoms with van der Waals surface area (Å²) in [4.78, 5) is 25.2. The van der Waals surface area contributed by atoms with Crippen LogP contribution in [0.25, 0.3) is 0 Å². The van der Waals surface area contributed by atoms with Crippen molar-refractivity contribution in [3.05, 3.63) is 25.2 Å². The van der Waals surface area contributed by atoms with Gasteiger partial charge in [0, 0.05) is 0 Å². The van der Waals surface area contributed by atoms with E-state index in [2.05, 4.69) is 6.58 Å². The highest BCUT2D eigenvalue weighted by atomic mass is 35.5. The minimum atomic E-state index is -0.635. The summed E-state index contributed by atoms with van der Waals surface area (Å²) in [6, 6.07) is -0.635. The SMILES string of the molecule is C=C[NH+]1C=CN(C(C(C)=O)C(C)=O)C1.[Cl-]. The molecular formula is C10H15ClN2O2. The van der Waals surface area contributed by atoms with Gasteiger partial charge in [0.1, 0.15) is 6.20 Å². The highest BCUT2D eigenvalue weighted by molar-refractivity contribution is 6.04. The molecule has 0 spiro atoms. The molecule has 0 fully saturated rings. The van der Waals surface area contributed by atoms with Crippen LogP contribution in [0.15, 0.2) is 25.2 Å². The van der Waals surface area contributed by atoms with E-state index in [0.29, 0.717) is 6.67 Å². The van der Waals surface area contributed by atoms with Gasteiger partial charge in [-0.05, 0) is 20.4 Å². The van der Waals surface area contributed by atoms with E-state index in [1.54, 1.807) is 17.3 Å². The predicted molar refractivity (Wildman–Crippen MR) is 52.2 cm³/mol. The van der Waals surface area contributed by atoms with Crippen molar-refractivity contribution in [1.82, 2.24) is 4.90 Å². The van der Waals surface area contributed by atoms with Gasteiger partial charge in [-0.3, -0.25) is 14.5 Å². The molecule has 15 heavy (non-hydrogen) atoms. The zero-order valence-corrected chi connectivity index (χ0v) is 9.62. The van der Waals surface area contributed by atoms with Gasteiger partial charge >= 0.3 is 0 Å². The maximum Gasteiger partial charge on any atom is 0.162 e. The van der Waals surface area contributed by atoms with Crippen LogP contribution in [0.5, 0.6) is 0 Å². The highest BCUT2D eigenvalue weighted by Crippen LogP contribution is 2.03. The maximum atomic E-state index is 11.2. The van der Waals surface area contributed by atoms with Gasteiger partial charge < -0.3 is 17.3 Å². The number of hydrogen-bond acceptors (Lipinski definition) is 3. The fraction of sp³-hybridized carbons (Fsp3) is 0.400. The van der Waals surface area contributed by atoms with Gasteiger partial charge in [0.25, 0.3) is 0 Å². The van der Waals surface area contributed by atoms with Crippen molar-refractivity contribution >= 4 is 11.6 Å². The van der Waals surface area contributed by atoms with E-state index in [0.717, 1.165) is 4.90 Å². The molecule has 5 heteroatoms. The normalized spacial score (nSPS) is 18.9. The molecule has 1 aliphatic heterocycles. The highest BCUT2D eigenvalue weighted by Gasteiger charge is 2.29. The van der Waals surface area contributed by atoms with Gasteiger partial charge in [-0.1, -0.05) is 0 Å². The third-order valence-electron chi connectivity index (χ3n) is 2.21. The van der Waals surface area contributed by atoms with Crippen LogP contribution < -0.4 is 17.3 Å². The first-order valence-corrected chi connectivity index (χ1v) is 4.49.